The van der Waals surface area contributed by atoms with Gasteiger partial charge in [0.05, 0.1) is 18.3 Å². The minimum atomic E-state index is -1.32. The molecule has 4 rings (SSSR count). The molecule has 0 spiro atoms. The zero-order chi connectivity index (χ0) is 30.6. The van der Waals surface area contributed by atoms with Crippen molar-refractivity contribution in [3.05, 3.63) is 35.9 Å². The Hall–Kier alpha value is -3.79. The standard InChI is InChI=1S/C27H32O15/c1-12-18(40-24(31)16-9-7-6-8-10-16)20-23(42-27(32)41-20)26(35-12)34-11-17-19(36-13(2)28)21(37-14(3)29)22(38-15(4)30)25(33-5)39-17/h6-10,12,17-23,25-26H,11H2,1-5H3/t12-,17+,18-,19+,20+,21-,22+,23+,25-,26+/m0/s1. The lowest BCUT2D eigenvalue weighted by Crippen LogP contribution is -2.63. The zero-order valence-corrected chi connectivity index (χ0v) is 23.5. The average Bonchev–Trinajstić information content (AvgIpc) is 3.33. The van der Waals surface area contributed by atoms with E-state index in [2.05, 4.69) is 0 Å². The molecule has 0 bridgehead atoms. The highest BCUT2D eigenvalue weighted by Crippen LogP contribution is 2.35. The molecule has 0 radical (unpaired) electrons. The number of esters is 4. The highest BCUT2D eigenvalue weighted by molar-refractivity contribution is 5.89. The fourth-order valence-corrected chi connectivity index (χ4v) is 4.91. The van der Waals surface area contributed by atoms with Crippen LogP contribution in [0.3, 0.4) is 0 Å². The minimum Gasteiger partial charge on any atom is -0.456 e. The van der Waals surface area contributed by atoms with Crippen molar-refractivity contribution in [2.75, 3.05) is 13.7 Å². The lowest BCUT2D eigenvalue weighted by atomic mass is 9.97. The van der Waals surface area contributed by atoms with E-state index >= 15 is 0 Å². The van der Waals surface area contributed by atoms with E-state index in [1.165, 1.54) is 7.11 Å². The van der Waals surface area contributed by atoms with E-state index in [0.717, 1.165) is 20.8 Å². The van der Waals surface area contributed by atoms with Gasteiger partial charge in [-0.1, -0.05) is 18.2 Å². The van der Waals surface area contributed by atoms with Gasteiger partial charge < -0.3 is 47.4 Å². The van der Waals surface area contributed by atoms with Crippen molar-refractivity contribution in [2.45, 2.75) is 89.1 Å². The molecule has 0 unspecified atom stereocenters. The van der Waals surface area contributed by atoms with Gasteiger partial charge in [0.25, 0.3) is 0 Å². The first-order valence-corrected chi connectivity index (χ1v) is 13.1. The molecule has 3 aliphatic rings. The van der Waals surface area contributed by atoms with Gasteiger partial charge in [0.15, 0.2) is 49.2 Å². The molecular formula is C27H32O15. The third-order valence-corrected chi connectivity index (χ3v) is 6.60. The number of carbonyl (C=O) groups excluding carboxylic acids is 5. The molecule has 3 heterocycles. The van der Waals surface area contributed by atoms with Crippen LogP contribution >= 0.6 is 0 Å². The predicted octanol–water partition coefficient (Wildman–Crippen LogP) is 1.04. The van der Waals surface area contributed by atoms with Crippen LogP contribution in [0, 0.1) is 0 Å². The van der Waals surface area contributed by atoms with Crippen molar-refractivity contribution in [2.24, 2.45) is 0 Å². The molecule has 15 nitrogen and oxygen atoms in total. The number of fused-ring (bicyclic) bond motifs is 1. The quantitative estimate of drug-likeness (QED) is 0.291. The van der Waals surface area contributed by atoms with Crippen LogP contribution in [-0.4, -0.2) is 105 Å². The Bertz CT molecular complexity index is 1160. The number of rotatable bonds is 9. The van der Waals surface area contributed by atoms with Crippen LogP contribution in [0.25, 0.3) is 0 Å². The number of carbonyl (C=O) groups is 5. The lowest BCUT2D eigenvalue weighted by molar-refractivity contribution is -0.320. The second-order valence-electron chi connectivity index (χ2n) is 9.69. The van der Waals surface area contributed by atoms with Gasteiger partial charge >= 0.3 is 30.0 Å². The number of hydrogen-bond acceptors (Lipinski definition) is 15. The molecule has 230 valence electrons. The summed E-state index contributed by atoms with van der Waals surface area (Å²) in [7, 11) is 1.28. The smallest absolute Gasteiger partial charge is 0.456 e. The highest BCUT2D eigenvalue weighted by Gasteiger charge is 2.57. The second-order valence-corrected chi connectivity index (χ2v) is 9.69. The second kappa shape index (κ2) is 13.5. The van der Waals surface area contributed by atoms with E-state index in [1.54, 1.807) is 37.3 Å². The summed E-state index contributed by atoms with van der Waals surface area (Å²) in [5.41, 5.74) is 0.290. The number of hydrogen-bond donors (Lipinski definition) is 0. The van der Waals surface area contributed by atoms with Crippen molar-refractivity contribution >= 4 is 30.0 Å². The van der Waals surface area contributed by atoms with Gasteiger partial charge in [0.1, 0.15) is 6.10 Å². The normalized spacial score (nSPS) is 33.8. The van der Waals surface area contributed by atoms with Gasteiger partial charge in [0.2, 0.25) is 0 Å². The number of methoxy groups -OCH3 is 1. The van der Waals surface area contributed by atoms with Crippen molar-refractivity contribution in [3.63, 3.8) is 0 Å². The Labute approximate surface area is 240 Å². The molecule has 0 N–H and O–H groups in total. The molecule has 10 atom stereocenters. The number of ether oxygens (including phenoxy) is 10. The van der Waals surface area contributed by atoms with E-state index in [4.69, 9.17) is 47.4 Å². The minimum absolute atomic E-state index is 0.290. The topological polar surface area (TPSA) is 178 Å². The van der Waals surface area contributed by atoms with Crippen LogP contribution in [0.4, 0.5) is 4.79 Å². The van der Waals surface area contributed by atoms with Gasteiger partial charge in [-0.2, -0.15) is 0 Å². The summed E-state index contributed by atoms with van der Waals surface area (Å²) in [5, 5.41) is 0. The summed E-state index contributed by atoms with van der Waals surface area (Å²) in [5.74, 6) is -2.86. The lowest BCUT2D eigenvalue weighted by Gasteiger charge is -2.44. The molecule has 1 aromatic carbocycles. The molecule has 3 saturated heterocycles. The van der Waals surface area contributed by atoms with Crippen molar-refractivity contribution in [1.29, 1.82) is 0 Å². The van der Waals surface area contributed by atoms with Crippen LogP contribution in [0.15, 0.2) is 30.3 Å². The summed E-state index contributed by atoms with van der Waals surface area (Å²) in [6.07, 6.45) is -12.6. The van der Waals surface area contributed by atoms with Crippen molar-refractivity contribution in [3.8, 4) is 0 Å². The van der Waals surface area contributed by atoms with E-state index in [1.807, 2.05) is 0 Å². The maximum absolute atomic E-state index is 12.7. The first kappa shape index (κ1) is 31.2. The highest BCUT2D eigenvalue weighted by atomic mass is 16.8. The molecule has 0 aromatic heterocycles. The molecule has 3 aliphatic heterocycles. The van der Waals surface area contributed by atoms with Crippen LogP contribution < -0.4 is 0 Å². The van der Waals surface area contributed by atoms with E-state index in [0.29, 0.717) is 0 Å². The Kier molecular flexibility index (Phi) is 9.98. The van der Waals surface area contributed by atoms with E-state index in [-0.39, 0.29) is 12.2 Å². The maximum atomic E-state index is 12.7. The molecule has 0 amide bonds. The fraction of sp³-hybridized carbons (Fsp3) is 0.593. The first-order valence-electron chi connectivity index (χ1n) is 13.1. The Balaban J connectivity index is 1.51. The molecule has 1 aromatic rings. The van der Waals surface area contributed by atoms with E-state index < -0.39 is 91.4 Å². The molecule has 42 heavy (non-hydrogen) atoms. The van der Waals surface area contributed by atoms with Crippen LogP contribution in [0.1, 0.15) is 38.1 Å². The average molecular weight is 597 g/mol. The number of benzene rings is 1. The van der Waals surface area contributed by atoms with Crippen LogP contribution in [0.2, 0.25) is 0 Å². The van der Waals surface area contributed by atoms with Gasteiger partial charge in [-0.3, -0.25) is 14.4 Å². The Morgan fingerprint density at radius 1 is 0.738 bits per heavy atom. The largest absolute Gasteiger partial charge is 0.509 e. The molecule has 15 heteroatoms. The predicted molar refractivity (Wildman–Crippen MR) is 133 cm³/mol. The maximum Gasteiger partial charge on any atom is 0.509 e. The summed E-state index contributed by atoms with van der Waals surface area (Å²) in [6.45, 7) is 4.64. The monoisotopic (exact) mass is 596 g/mol. The fourth-order valence-electron chi connectivity index (χ4n) is 4.91. The van der Waals surface area contributed by atoms with Gasteiger partial charge in [-0.05, 0) is 19.1 Å². The Morgan fingerprint density at radius 2 is 1.33 bits per heavy atom. The Morgan fingerprint density at radius 3 is 1.95 bits per heavy atom. The molecule has 0 saturated carbocycles. The SMILES string of the molecule is CO[C@H]1O[C@H](CO[C@@H]2O[C@@H](C)[C@H](OC(=O)c3ccccc3)[C@H]3OC(=O)O[C@@H]23)[C@@H](OC(C)=O)[C@H](OC(C)=O)[C@H]1OC(C)=O. The van der Waals surface area contributed by atoms with Crippen molar-refractivity contribution < 1.29 is 71.3 Å². The zero-order valence-electron chi connectivity index (χ0n) is 23.5. The summed E-state index contributed by atoms with van der Waals surface area (Å²) in [4.78, 5) is 60.5. The molecule has 3 fully saturated rings. The molecule has 0 aliphatic carbocycles. The van der Waals surface area contributed by atoms with E-state index in [9.17, 15) is 24.0 Å². The van der Waals surface area contributed by atoms with Crippen LogP contribution in [0.5, 0.6) is 0 Å². The third kappa shape index (κ3) is 7.15. The summed E-state index contributed by atoms with van der Waals surface area (Å²) < 4.78 is 55.3. The van der Waals surface area contributed by atoms with Gasteiger partial charge in [0, 0.05) is 27.9 Å². The first-order chi connectivity index (χ1) is 20.0. The van der Waals surface area contributed by atoms with Gasteiger partial charge in [-0.15, -0.1) is 0 Å². The summed E-state index contributed by atoms with van der Waals surface area (Å²) >= 11 is 0. The van der Waals surface area contributed by atoms with Crippen molar-refractivity contribution in [1.82, 2.24) is 0 Å². The summed E-state index contributed by atoms with van der Waals surface area (Å²) in [6, 6.07) is 8.24. The van der Waals surface area contributed by atoms with Gasteiger partial charge in [-0.25, -0.2) is 9.59 Å². The third-order valence-electron chi connectivity index (χ3n) is 6.60. The molecular weight excluding hydrogens is 564 g/mol. The van der Waals surface area contributed by atoms with Crippen LogP contribution in [-0.2, 0) is 61.8 Å².